The van der Waals surface area contributed by atoms with E-state index in [0.29, 0.717) is 23.3 Å². The summed E-state index contributed by atoms with van der Waals surface area (Å²) in [6, 6.07) is 5.56. The number of cyclic esters (lactones) is 1. The molecule has 0 spiro atoms. The highest BCUT2D eigenvalue weighted by atomic mass is 16.7. The van der Waals surface area contributed by atoms with Crippen molar-refractivity contribution in [2.45, 2.75) is 31.9 Å². The number of quaternary nitrogens is 1. The topological polar surface area (TPSA) is 154 Å². The second-order valence-corrected chi connectivity index (χ2v) is 7.95. The highest BCUT2D eigenvalue weighted by Crippen LogP contribution is 2.28. The van der Waals surface area contributed by atoms with E-state index in [4.69, 9.17) is 13.6 Å². The Labute approximate surface area is 181 Å². The van der Waals surface area contributed by atoms with Crippen LogP contribution >= 0.6 is 0 Å². The maximum atomic E-state index is 12.3. The Morgan fingerprint density at radius 2 is 1.75 bits per heavy atom. The average Bonchev–Trinajstić information content (AvgIpc) is 3.47. The molecule has 32 heavy (non-hydrogen) atoms. The van der Waals surface area contributed by atoms with Crippen LogP contribution in [0, 0.1) is 20.2 Å². The predicted octanol–water partition coefficient (Wildman–Crippen LogP) is 3.04. The van der Waals surface area contributed by atoms with E-state index < -0.39 is 27.9 Å². The Balaban J connectivity index is 1.42. The minimum atomic E-state index is -0.660. The average molecular weight is 448 g/mol. The summed E-state index contributed by atoms with van der Waals surface area (Å²) in [6.45, 7) is 2.92. The van der Waals surface area contributed by atoms with Gasteiger partial charge in [-0.2, -0.15) is 10.1 Å². The maximum absolute atomic E-state index is 12.3. The molecule has 13 heteroatoms. The Bertz CT molecular complexity index is 1040. The fraction of sp³-hybridized carbons (Fsp3) is 0.474. The highest BCUT2D eigenvalue weighted by molar-refractivity contribution is 5.78. The van der Waals surface area contributed by atoms with Gasteiger partial charge in [0, 0.05) is 0 Å². The molecule has 2 aromatic rings. The molecule has 0 saturated carbocycles. The van der Waals surface area contributed by atoms with E-state index >= 15 is 0 Å². The molecule has 0 bridgehead atoms. The van der Waals surface area contributed by atoms with Crippen molar-refractivity contribution in [1.29, 1.82) is 0 Å². The number of nitrogens with zero attached hydrogens (tertiary/aromatic N) is 5. The van der Waals surface area contributed by atoms with Crippen molar-refractivity contribution >= 4 is 24.1 Å². The van der Waals surface area contributed by atoms with Gasteiger partial charge in [0.25, 0.3) is 0 Å². The molecule has 170 valence electrons. The van der Waals surface area contributed by atoms with Crippen LogP contribution in [0.2, 0.25) is 0 Å². The zero-order valence-electron chi connectivity index (χ0n) is 17.1. The second kappa shape index (κ2) is 8.78. The molecule has 0 radical (unpaired) electrons. The lowest BCUT2D eigenvalue weighted by atomic mass is 10.1. The van der Waals surface area contributed by atoms with Gasteiger partial charge in [0.1, 0.15) is 22.9 Å². The van der Waals surface area contributed by atoms with Crippen LogP contribution in [0.15, 0.2) is 38.2 Å². The third-order valence-corrected chi connectivity index (χ3v) is 5.65. The highest BCUT2D eigenvalue weighted by Gasteiger charge is 2.41. The zero-order chi connectivity index (χ0) is 22.7. The van der Waals surface area contributed by atoms with Gasteiger partial charge in [-0.3, -0.25) is 20.2 Å². The number of nitro groups is 2. The summed E-state index contributed by atoms with van der Waals surface area (Å²) in [5, 5.41) is 26.8. The smallest absolute Gasteiger partial charge is 0.433 e. The van der Waals surface area contributed by atoms with Crippen LogP contribution in [-0.4, -0.2) is 63.9 Å². The van der Waals surface area contributed by atoms with E-state index in [9.17, 15) is 25.0 Å². The van der Waals surface area contributed by atoms with Crippen molar-refractivity contribution in [3.8, 4) is 0 Å². The SMILES string of the molecule is O=C1O[C@@H](C[N+]2(Cc3ccc([N+](=O)[O-])o3)CCCCC2)CN1/N=C\c1ccc([N+](=O)[O-])o1. The minimum absolute atomic E-state index is 0.145. The van der Waals surface area contributed by atoms with Crippen LogP contribution in [0.1, 0.15) is 30.8 Å². The Kier molecular flexibility index (Phi) is 5.90. The summed E-state index contributed by atoms with van der Waals surface area (Å²) in [5.41, 5.74) is 0. The molecule has 0 aliphatic carbocycles. The van der Waals surface area contributed by atoms with Crippen molar-refractivity contribution in [3.63, 3.8) is 0 Å². The zero-order valence-corrected chi connectivity index (χ0v) is 17.1. The molecule has 1 atom stereocenters. The molecule has 2 fully saturated rings. The summed E-state index contributed by atoms with van der Waals surface area (Å²) >= 11 is 0. The molecule has 4 heterocycles. The maximum Gasteiger partial charge on any atom is 0.433 e. The lowest BCUT2D eigenvalue weighted by molar-refractivity contribution is -0.948. The molecule has 0 N–H and O–H groups in total. The largest absolute Gasteiger partial charge is 0.437 e. The van der Waals surface area contributed by atoms with E-state index in [-0.39, 0.29) is 18.2 Å². The molecule has 13 nitrogen and oxygen atoms in total. The lowest BCUT2D eigenvalue weighted by Crippen LogP contribution is -2.54. The standard InChI is InChI=1S/C19H22N5O8/c25-19-21(20-10-14-4-6-17(30-14)22(26)27)11-16(32-19)13-24(8-2-1-3-9-24)12-15-5-7-18(31-15)23(28)29/h4-7,10,16H,1-3,8-9,11-13H2/q+1/b20-10-/t16-/m1/s1. The first-order valence-electron chi connectivity index (χ1n) is 10.2. The van der Waals surface area contributed by atoms with Gasteiger partial charge in [-0.1, -0.05) is 0 Å². The summed E-state index contributed by atoms with van der Waals surface area (Å²) in [6.07, 6.45) is 3.30. The number of hydrogen-bond acceptors (Lipinski definition) is 9. The van der Waals surface area contributed by atoms with E-state index in [1.165, 1.54) is 24.4 Å². The molecule has 2 aliphatic rings. The third kappa shape index (κ3) is 4.77. The van der Waals surface area contributed by atoms with Gasteiger partial charge in [-0.05, 0) is 31.4 Å². The summed E-state index contributed by atoms with van der Waals surface area (Å²) in [7, 11) is 0. The number of carbonyl (C=O) groups is 1. The van der Waals surface area contributed by atoms with Crippen molar-refractivity contribution in [2.75, 3.05) is 26.2 Å². The van der Waals surface area contributed by atoms with Gasteiger partial charge in [0.2, 0.25) is 0 Å². The molecular weight excluding hydrogens is 426 g/mol. The number of ether oxygens (including phenoxy) is 1. The Hall–Kier alpha value is -3.74. The monoisotopic (exact) mass is 448 g/mol. The molecule has 0 aromatic carbocycles. The van der Waals surface area contributed by atoms with Crippen molar-refractivity contribution in [2.24, 2.45) is 5.10 Å². The molecule has 1 amide bonds. The van der Waals surface area contributed by atoms with Gasteiger partial charge in [0.15, 0.2) is 17.6 Å². The molecule has 2 aliphatic heterocycles. The van der Waals surface area contributed by atoms with Gasteiger partial charge >= 0.3 is 17.9 Å². The van der Waals surface area contributed by atoms with Crippen LogP contribution in [0.25, 0.3) is 0 Å². The van der Waals surface area contributed by atoms with Crippen molar-refractivity contribution in [1.82, 2.24) is 5.01 Å². The number of hydrazone groups is 1. The number of furan rings is 2. The fourth-order valence-corrected chi connectivity index (χ4v) is 4.23. The number of hydrogen-bond donors (Lipinski definition) is 0. The molecule has 2 aromatic heterocycles. The van der Waals surface area contributed by atoms with Crippen LogP contribution in [-0.2, 0) is 11.3 Å². The summed E-state index contributed by atoms with van der Waals surface area (Å²) in [4.78, 5) is 32.7. The van der Waals surface area contributed by atoms with E-state index in [1.54, 1.807) is 6.07 Å². The summed E-state index contributed by atoms with van der Waals surface area (Å²) in [5.74, 6) is -0.0340. The summed E-state index contributed by atoms with van der Waals surface area (Å²) < 4.78 is 16.5. The van der Waals surface area contributed by atoms with E-state index in [0.717, 1.165) is 37.4 Å². The normalized spacial score (nSPS) is 20.6. The van der Waals surface area contributed by atoms with Gasteiger partial charge < -0.3 is 18.1 Å². The lowest BCUT2D eigenvalue weighted by Gasteiger charge is -2.41. The number of rotatable bonds is 8. The first-order valence-corrected chi connectivity index (χ1v) is 10.2. The Morgan fingerprint density at radius 1 is 1.06 bits per heavy atom. The van der Waals surface area contributed by atoms with Gasteiger partial charge in [0.05, 0.1) is 38.0 Å². The molecule has 4 rings (SSSR count). The predicted molar refractivity (Wildman–Crippen MR) is 108 cm³/mol. The van der Waals surface area contributed by atoms with Crippen LogP contribution < -0.4 is 0 Å². The first kappa shape index (κ1) is 21.5. The Morgan fingerprint density at radius 3 is 2.41 bits per heavy atom. The second-order valence-electron chi connectivity index (χ2n) is 7.95. The number of carbonyl (C=O) groups excluding carboxylic acids is 1. The number of amides is 1. The van der Waals surface area contributed by atoms with E-state index in [1.807, 2.05) is 0 Å². The number of piperidine rings is 1. The van der Waals surface area contributed by atoms with Crippen LogP contribution in [0.3, 0.4) is 0 Å². The van der Waals surface area contributed by atoms with Crippen LogP contribution in [0.4, 0.5) is 16.6 Å². The quantitative estimate of drug-likeness (QED) is 0.258. The fourth-order valence-electron chi connectivity index (χ4n) is 4.23. The van der Waals surface area contributed by atoms with Crippen molar-refractivity contribution in [3.05, 3.63) is 56.0 Å². The van der Waals surface area contributed by atoms with Crippen molar-refractivity contribution < 1.29 is 32.7 Å². The van der Waals surface area contributed by atoms with Gasteiger partial charge in [-0.25, -0.2) is 4.79 Å². The molecule has 0 unspecified atom stereocenters. The van der Waals surface area contributed by atoms with Gasteiger partial charge in [-0.15, -0.1) is 0 Å². The molecule has 2 saturated heterocycles. The molecular formula is C19H22N5O8+. The number of likely N-dealkylation sites (tertiary alicyclic amines) is 1. The first-order chi connectivity index (χ1) is 15.3. The van der Waals surface area contributed by atoms with Crippen LogP contribution in [0.5, 0.6) is 0 Å². The minimum Gasteiger partial charge on any atom is -0.437 e. The third-order valence-electron chi connectivity index (χ3n) is 5.65. The van der Waals surface area contributed by atoms with E-state index in [2.05, 4.69) is 5.10 Å².